The highest BCUT2D eigenvalue weighted by Gasteiger charge is 2.32. The van der Waals surface area contributed by atoms with Crippen molar-refractivity contribution < 1.29 is 18.4 Å². The van der Waals surface area contributed by atoms with Crippen molar-refractivity contribution in [2.45, 2.75) is 70.6 Å². The van der Waals surface area contributed by atoms with Crippen molar-refractivity contribution in [3.8, 4) is 0 Å². The highest BCUT2D eigenvalue weighted by molar-refractivity contribution is 5.93. The van der Waals surface area contributed by atoms with Crippen LogP contribution in [0.5, 0.6) is 0 Å². The lowest BCUT2D eigenvalue weighted by atomic mass is 9.87. The Morgan fingerprint density at radius 1 is 1.19 bits per heavy atom. The van der Waals surface area contributed by atoms with Crippen LogP contribution in [0.15, 0.2) is 37.1 Å². The SMILES string of the molecule is CC(NC(=O)C(C)(C)n1cnc(NC(=O)[C@H](C)NC2CCc3cc(F)cc(F)c3C2)c1)c1cnn(C)c1. The number of carbonyl (C=O) groups excluding carboxylic acids is 2. The fraction of sp³-hybridized carbons (Fsp3) is 0.462. The second-order valence-corrected chi connectivity index (χ2v) is 10.2. The van der Waals surface area contributed by atoms with Crippen LogP contribution in [0.1, 0.15) is 56.8 Å². The Hall–Kier alpha value is -3.60. The zero-order valence-corrected chi connectivity index (χ0v) is 21.7. The number of carbonyl (C=O) groups is 2. The van der Waals surface area contributed by atoms with E-state index in [1.807, 2.05) is 20.2 Å². The number of benzene rings is 1. The van der Waals surface area contributed by atoms with Gasteiger partial charge in [0.1, 0.15) is 17.2 Å². The number of amides is 2. The van der Waals surface area contributed by atoms with Gasteiger partial charge in [-0.25, -0.2) is 13.8 Å². The molecule has 0 bridgehead atoms. The van der Waals surface area contributed by atoms with Gasteiger partial charge >= 0.3 is 0 Å². The second kappa shape index (κ2) is 10.4. The number of nitrogens with one attached hydrogen (secondary N) is 3. The average molecular weight is 514 g/mol. The molecular formula is C26H33F2N7O2. The first kappa shape index (κ1) is 26.5. The lowest BCUT2D eigenvalue weighted by molar-refractivity contribution is -0.129. The number of aromatic nitrogens is 4. The van der Waals surface area contributed by atoms with Crippen LogP contribution >= 0.6 is 0 Å². The third kappa shape index (κ3) is 5.87. The van der Waals surface area contributed by atoms with E-state index in [0.29, 0.717) is 36.2 Å². The molecule has 3 atom stereocenters. The first-order valence-corrected chi connectivity index (χ1v) is 12.3. The maximum Gasteiger partial charge on any atom is 0.246 e. The summed E-state index contributed by atoms with van der Waals surface area (Å²) < 4.78 is 31.0. The average Bonchev–Trinajstić information content (AvgIpc) is 3.49. The number of fused-ring (bicyclic) bond motifs is 1. The molecule has 3 aromatic rings. The summed E-state index contributed by atoms with van der Waals surface area (Å²) in [5.74, 6) is -1.32. The summed E-state index contributed by atoms with van der Waals surface area (Å²) in [7, 11) is 1.82. The summed E-state index contributed by atoms with van der Waals surface area (Å²) in [5, 5.41) is 13.1. The summed E-state index contributed by atoms with van der Waals surface area (Å²) in [4.78, 5) is 30.1. The van der Waals surface area contributed by atoms with E-state index in [1.165, 1.54) is 12.4 Å². The molecule has 0 saturated heterocycles. The predicted molar refractivity (Wildman–Crippen MR) is 135 cm³/mol. The van der Waals surface area contributed by atoms with Crippen molar-refractivity contribution in [2.75, 3.05) is 5.32 Å². The van der Waals surface area contributed by atoms with Gasteiger partial charge in [-0.2, -0.15) is 5.10 Å². The topological polar surface area (TPSA) is 106 Å². The monoisotopic (exact) mass is 513 g/mol. The molecule has 11 heteroatoms. The molecule has 2 heterocycles. The molecule has 37 heavy (non-hydrogen) atoms. The number of nitrogens with zero attached hydrogens (tertiary/aromatic N) is 4. The quantitative estimate of drug-likeness (QED) is 0.430. The molecule has 2 amide bonds. The van der Waals surface area contributed by atoms with Crippen molar-refractivity contribution in [1.29, 1.82) is 0 Å². The first-order chi connectivity index (χ1) is 17.4. The maximum atomic E-state index is 14.2. The van der Waals surface area contributed by atoms with E-state index in [4.69, 9.17) is 0 Å². The minimum Gasteiger partial charge on any atom is -0.347 e. The van der Waals surface area contributed by atoms with Gasteiger partial charge in [0.25, 0.3) is 0 Å². The summed E-state index contributed by atoms with van der Waals surface area (Å²) >= 11 is 0. The van der Waals surface area contributed by atoms with Crippen molar-refractivity contribution >= 4 is 17.6 Å². The Morgan fingerprint density at radius 2 is 1.95 bits per heavy atom. The molecule has 0 aliphatic heterocycles. The highest BCUT2D eigenvalue weighted by Crippen LogP contribution is 2.26. The molecule has 0 saturated carbocycles. The Balaban J connectivity index is 1.33. The fourth-order valence-corrected chi connectivity index (χ4v) is 4.52. The van der Waals surface area contributed by atoms with Gasteiger partial charge in [-0.3, -0.25) is 14.3 Å². The van der Waals surface area contributed by atoms with Crippen molar-refractivity contribution in [3.05, 3.63) is 65.4 Å². The Morgan fingerprint density at radius 3 is 2.65 bits per heavy atom. The summed E-state index contributed by atoms with van der Waals surface area (Å²) in [5.41, 5.74) is 1.10. The van der Waals surface area contributed by atoms with Crippen LogP contribution in [0.4, 0.5) is 14.6 Å². The number of hydrogen-bond donors (Lipinski definition) is 3. The second-order valence-electron chi connectivity index (χ2n) is 10.2. The number of aryl methyl sites for hydroxylation is 2. The van der Waals surface area contributed by atoms with Gasteiger partial charge in [0.2, 0.25) is 11.8 Å². The number of hydrogen-bond acceptors (Lipinski definition) is 5. The van der Waals surface area contributed by atoms with Crippen LogP contribution in [0.3, 0.4) is 0 Å². The van der Waals surface area contributed by atoms with E-state index in [0.717, 1.165) is 11.6 Å². The molecule has 9 nitrogen and oxygen atoms in total. The van der Waals surface area contributed by atoms with E-state index in [-0.39, 0.29) is 23.9 Å². The normalized spacial score (nSPS) is 17.1. The van der Waals surface area contributed by atoms with Gasteiger partial charge < -0.3 is 20.5 Å². The van der Waals surface area contributed by atoms with Gasteiger partial charge in [0, 0.05) is 37.1 Å². The standard InChI is InChI=1S/C26H33F2N7O2/c1-15(18-11-30-34(5)12-18)32-25(37)26(3,4)35-13-23(29-14-35)33-24(36)16(2)31-20-7-6-17-8-19(27)9-22(28)21(17)10-20/h8-9,11-16,20,31H,6-7,10H2,1-5H3,(H,32,37)(H,33,36)/t15?,16-,20?/m0/s1. The molecule has 0 spiro atoms. The summed E-state index contributed by atoms with van der Waals surface area (Å²) in [6.07, 6.45) is 8.26. The first-order valence-electron chi connectivity index (χ1n) is 12.3. The van der Waals surface area contributed by atoms with Gasteiger partial charge in [-0.05, 0) is 64.2 Å². The molecule has 198 valence electrons. The minimum atomic E-state index is -0.963. The number of imidazole rings is 1. The van der Waals surface area contributed by atoms with E-state index in [2.05, 4.69) is 26.0 Å². The molecule has 2 unspecified atom stereocenters. The molecule has 2 aromatic heterocycles. The van der Waals surface area contributed by atoms with Crippen molar-refractivity contribution in [2.24, 2.45) is 7.05 Å². The Bertz CT molecular complexity index is 1300. The number of halogens is 2. The Kier molecular flexibility index (Phi) is 7.44. The van der Waals surface area contributed by atoms with Crippen LogP contribution in [0.2, 0.25) is 0 Å². The number of anilines is 1. The van der Waals surface area contributed by atoms with E-state index in [1.54, 1.807) is 42.4 Å². The summed E-state index contributed by atoms with van der Waals surface area (Å²) in [6.45, 7) is 7.14. The van der Waals surface area contributed by atoms with E-state index in [9.17, 15) is 18.4 Å². The van der Waals surface area contributed by atoms with Crippen LogP contribution in [-0.4, -0.2) is 43.2 Å². The third-order valence-electron chi connectivity index (χ3n) is 6.95. The van der Waals surface area contributed by atoms with Crippen LogP contribution in [0, 0.1) is 11.6 Å². The summed E-state index contributed by atoms with van der Waals surface area (Å²) in [6, 6.07) is 1.36. The van der Waals surface area contributed by atoms with E-state index < -0.39 is 23.2 Å². The van der Waals surface area contributed by atoms with Gasteiger partial charge in [0.15, 0.2) is 5.82 Å². The lowest BCUT2D eigenvalue weighted by Gasteiger charge is -2.28. The van der Waals surface area contributed by atoms with Crippen LogP contribution in [0.25, 0.3) is 0 Å². The van der Waals surface area contributed by atoms with Gasteiger partial charge in [-0.15, -0.1) is 0 Å². The molecule has 1 aromatic carbocycles. The molecule has 4 rings (SSSR count). The smallest absolute Gasteiger partial charge is 0.246 e. The lowest BCUT2D eigenvalue weighted by Crippen LogP contribution is -2.46. The van der Waals surface area contributed by atoms with Crippen molar-refractivity contribution in [3.63, 3.8) is 0 Å². The molecule has 1 aliphatic carbocycles. The molecular weight excluding hydrogens is 480 g/mol. The van der Waals surface area contributed by atoms with Gasteiger partial charge in [0.05, 0.1) is 24.6 Å². The zero-order chi connectivity index (χ0) is 26.9. The molecule has 3 N–H and O–H groups in total. The molecule has 0 radical (unpaired) electrons. The van der Waals surface area contributed by atoms with Crippen LogP contribution < -0.4 is 16.0 Å². The minimum absolute atomic E-state index is 0.116. The molecule has 0 fully saturated rings. The largest absolute Gasteiger partial charge is 0.347 e. The van der Waals surface area contributed by atoms with Gasteiger partial charge in [-0.1, -0.05) is 0 Å². The van der Waals surface area contributed by atoms with Crippen LogP contribution in [-0.2, 0) is 35.0 Å². The third-order valence-corrected chi connectivity index (χ3v) is 6.95. The molecule has 1 aliphatic rings. The fourth-order valence-electron chi connectivity index (χ4n) is 4.52. The Labute approximate surface area is 214 Å². The number of rotatable bonds is 8. The predicted octanol–water partition coefficient (Wildman–Crippen LogP) is 2.98. The highest BCUT2D eigenvalue weighted by atomic mass is 19.1. The van der Waals surface area contributed by atoms with Crippen molar-refractivity contribution in [1.82, 2.24) is 30.0 Å². The van der Waals surface area contributed by atoms with E-state index >= 15 is 0 Å². The zero-order valence-electron chi connectivity index (χ0n) is 21.7. The maximum absolute atomic E-state index is 14.2.